The molecule has 0 aromatic heterocycles. The minimum absolute atomic E-state index is 0.479. The summed E-state index contributed by atoms with van der Waals surface area (Å²) in [5.41, 5.74) is 3.52. The van der Waals surface area contributed by atoms with Crippen LogP contribution in [0.4, 0.5) is 0 Å². The van der Waals surface area contributed by atoms with E-state index in [1.165, 1.54) is 0 Å². The molecule has 0 spiro atoms. The van der Waals surface area contributed by atoms with E-state index in [1.807, 2.05) is 37.3 Å². The third-order valence-corrected chi connectivity index (χ3v) is 3.38. The topological polar surface area (TPSA) is 60.7 Å². The molecule has 1 unspecified atom stereocenters. The molecule has 3 heteroatoms. The van der Waals surface area contributed by atoms with Crippen molar-refractivity contribution in [3.63, 3.8) is 0 Å². The van der Waals surface area contributed by atoms with Gasteiger partial charge >= 0.3 is 0 Å². The maximum absolute atomic E-state index is 10.2. The van der Waals surface area contributed by atoms with E-state index >= 15 is 0 Å². The quantitative estimate of drug-likeness (QED) is 0.733. The lowest BCUT2D eigenvalue weighted by Gasteiger charge is -2.12. The number of hydrogen-bond acceptors (Lipinski definition) is 3. The van der Waals surface area contributed by atoms with Gasteiger partial charge in [0.05, 0.1) is 6.10 Å². The molecule has 0 saturated heterocycles. The second-order valence-corrected chi connectivity index (χ2v) is 5.09. The first-order valence-corrected chi connectivity index (χ1v) is 6.76. The number of benzene rings is 2. The van der Waals surface area contributed by atoms with E-state index in [2.05, 4.69) is 0 Å². The molecule has 0 aliphatic heterocycles. The van der Waals surface area contributed by atoms with E-state index in [9.17, 15) is 5.11 Å². The summed E-state index contributed by atoms with van der Waals surface area (Å²) in [6.07, 6.45) is -0.654. The highest BCUT2D eigenvalue weighted by molar-refractivity contribution is 5.26. The van der Waals surface area contributed by atoms with Crippen molar-refractivity contribution in [2.75, 3.05) is 0 Å². The minimum atomic E-state index is -1.45. The van der Waals surface area contributed by atoms with Crippen molar-refractivity contribution < 1.29 is 15.3 Å². The van der Waals surface area contributed by atoms with E-state index in [-0.39, 0.29) is 0 Å². The van der Waals surface area contributed by atoms with Gasteiger partial charge in [-0.25, -0.2) is 0 Å². The molecule has 1 atom stereocenters. The summed E-state index contributed by atoms with van der Waals surface area (Å²) in [7, 11) is 0. The van der Waals surface area contributed by atoms with Gasteiger partial charge in [0.25, 0.3) is 0 Å². The fourth-order valence-corrected chi connectivity index (χ4v) is 2.26. The van der Waals surface area contributed by atoms with Crippen LogP contribution in [-0.2, 0) is 6.42 Å². The molecule has 106 valence electrons. The Morgan fingerprint density at radius 2 is 1.60 bits per heavy atom. The van der Waals surface area contributed by atoms with Gasteiger partial charge in [0.1, 0.15) is 0 Å². The Morgan fingerprint density at radius 1 is 0.900 bits per heavy atom. The standard InChI is InChI=1S/C17H20O3/c1-12-4-2-6-14(10-12)16(18)9-8-13-5-3-7-15(11-13)17(19)20/h2-7,10-11,16-20H,8-9H2,1H3. The average Bonchev–Trinajstić information content (AvgIpc) is 2.45. The highest BCUT2D eigenvalue weighted by Crippen LogP contribution is 2.21. The van der Waals surface area contributed by atoms with Crippen LogP contribution in [-0.4, -0.2) is 15.3 Å². The average molecular weight is 272 g/mol. The molecule has 3 nitrogen and oxygen atoms in total. The molecule has 0 aliphatic carbocycles. The summed E-state index contributed by atoms with van der Waals surface area (Å²) in [5.74, 6) is 0. The van der Waals surface area contributed by atoms with Crippen molar-refractivity contribution in [3.05, 3.63) is 70.8 Å². The van der Waals surface area contributed by atoms with Crippen molar-refractivity contribution >= 4 is 0 Å². The molecule has 0 heterocycles. The van der Waals surface area contributed by atoms with Crippen LogP contribution in [0, 0.1) is 6.92 Å². The molecule has 0 bridgehead atoms. The smallest absolute Gasteiger partial charge is 0.178 e. The first kappa shape index (κ1) is 14.7. The molecule has 2 rings (SSSR count). The van der Waals surface area contributed by atoms with Gasteiger partial charge in [0.15, 0.2) is 6.29 Å². The van der Waals surface area contributed by atoms with E-state index < -0.39 is 12.4 Å². The Morgan fingerprint density at radius 3 is 2.30 bits per heavy atom. The summed E-state index contributed by atoms with van der Waals surface area (Å²) in [5, 5.41) is 28.5. The molecular formula is C17H20O3. The van der Waals surface area contributed by atoms with E-state index in [0.717, 1.165) is 16.7 Å². The predicted molar refractivity (Wildman–Crippen MR) is 78.1 cm³/mol. The van der Waals surface area contributed by atoms with Crippen LogP contribution in [0.1, 0.15) is 41.1 Å². The summed E-state index contributed by atoms with van der Waals surface area (Å²) in [6, 6.07) is 15.0. The Labute approximate surface area is 119 Å². The molecule has 0 amide bonds. The lowest BCUT2D eigenvalue weighted by Crippen LogP contribution is -2.01. The molecule has 0 radical (unpaired) electrons. The normalized spacial score (nSPS) is 12.7. The number of aryl methyl sites for hydroxylation is 2. The van der Waals surface area contributed by atoms with Gasteiger partial charge in [0, 0.05) is 5.56 Å². The maximum Gasteiger partial charge on any atom is 0.178 e. The monoisotopic (exact) mass is 272 g/mol. The van der Waals surface area contributed by atoms with E-state index in [0.29, 0.717) is 18.4 Å². The van der Waals surface area contributed by atoms with Gasteiger partial charge in [-0.15, -0.1) is 0 Å². The molecule has 0 saturated carbocycles. The lowest BCUT2D eigenvalue weighted by atomic mass is 9.99. The van der Waals surface area contributed by atoms with Gasteiger partial charge in [-0.1, -0.05) is 54.1 Å². The van der Waals surface area contributed by atoms with Crippen LogP contribution < -0.4 is 0 Å². The van der Waals surface area contributed by atoms with Gasteiger partial charge in [0.2, 0.25) is 0 Å². The van der Waals surface area contributed by atoms with Gasteiger partial charge in [-0.2, -0.15) is 0 Å². The fraction of sp³-hybridized carbons (Fsp3) is 0.294. The molecule has 0 aliphatic rings. The number of rotatable bonds is 5. The Balaban J connectivity index is 1.99. The van der Waals surface area contributed by atoms with Crippen molar-refractivity contribution in [2.24, 2.45) is 0 Å². The molecule has 3 N–H and O–H groups in total. The van der Waals surface area contributed by atoms with Crippen LogP contribution in [0.2, 0.25) is 0 Å². The summed E-state index contributed by atoms with van der Waals surface area (Å²) < 4.78 is 0. The zero-order valence-electron chi connectivity index (χ0n) is 11.5. The Kier molecular flexibility index (Phi) is 4.90. The second-order valence-electron chi connectivity index (χ2n) is 5.09. The fourth-order valence-electron chi connectivity index (χ4n) is 2.26. The SMILES string of the molecule is Cc1cccc(C(O)CCc2cccc(C(O)O)c2)c1. The summed E-state index contributed by atoms with van der Waals surface area (Å²) >= 11 is 0. The van der Waals surface area contributed by atoms with Gasteiger partial charge < -0.3 is 15.3 Å². The van der Waals surface area contributed by atoms with E-state index in [4.69, 9.17) is 10.2 Å². The first-order chi connectivity index (χ1) is 9.56. The number of aliphatic hydroxyl groups excluding tert-OH is 2. The first-order valence-electron chi connectivity index (χ1n) is 6.76. The summed E-state index contributed by atoms with van der Waals surface area (Å²) in [6.45, 7) is 2.00. The van der Waals surface area contributed by atoms with Crippen molar-refractivity contribution in [3.8, 4) is 0 Å². The molecular weight excluding hydrogens is 252 g/mol. The third-order valence-electron chi connectivity index (χ3n) is 3.38. The molecule has 2 aromatic rings. The third kappa shape index (κ3) is 3.90. The summed E-state index contributed by atoms with van der Waals surface area (Å²) in [4.78, 5) is 0. The Hall–Kier alpha value is -1.68. The Bertz CT molecular complexity index is 564. The van der Waals surface area contributed by atoms with Crippen molar-refractivity contribution in [1.82, 2.24) is 0 Å². The zero-order chi connectivity index (χ0) is 14.5. The molecule has 20 heavy (non-hydrogen) atoms. The molecule has 0 fully saturated rings. The highest BCUT2D eigenvalue weighted by Gasteiger charge is 2.09. The van der Waals surface area contributed by atoms with Gasteiger partial charge in [-0.05, 0) is 30.9 Å². The number of hydrogen-bond donors (Lipinski definition) is 3. The van der Waals surface area contributed by atoms with Gasteiger partial charge in [-0.3, -0.25) is 0 Å². The largest absolute Gasteiger partial charge is 0.388 e. The second kappa shape index (κ2) is 6.66. The van der Waals surface area contributed by atoms with Crippen molar-refractivity contribution in [1.29, 1.82) is 0 Å². The zero-order valence-corrected chi connectivity index (χ0v) is 11.5. The maximum atomic E-state index is 10.2. The van der Waals surface area contributed by atoms with Crippen molar-refractivity contribution in [2.45, 2.75) is 32.2 Å². The minimum Gasteiger partial charge on any atom is -0.388 e. The van der Waals surface area contributed by atoms with Crippen LogP contribution in [0.3, 0.4) is 0 Å². The van der Waals surface area contributed by atoms with Crippen LogP contribution in [0.5, 0.6) is 0 Å². The number of aliphatic hydroxyl groups is 3. The van der Waals surface area contributed by atoms with E-state index in [1.54, 1.807) is 18.2 Å². The van der Waals surface area contributed by atoms with Crippen LogP contribution in [0.15, 0.2) is 48.5 Å². The lowest BCUT2D eigenvalue weighted by molar-refractivity contribution is -0.0425. The predicted octanol–water partition coefficient (Wildman–Crippen LogP) is 2.64. The highest BCUT2D eigenvalue weighted by atomic mass is 16.5. The van der Waals surface area contributed by atoms with Crippen LogP contribution >= 0.6 is 0 Å². The molecule has 2 aromatic carbocycles. The van der Waals surface area contributed by atoms with Crippen LogP contribution in [0.25, 0.3) is 0 Å².